The molecular weight excluding hydrogens is 304 g/mol. The summed E-state index contributed by atoms with van der Waals surface area (Å²) in [6.45, 7) is 1.82. The number of H-pyrrole nitrogens is 1. The summed E-state index contributed by atoms with van der Waals surface area (Å²) in [7, 11) is -3.60. The molecule has 0 amide bonds. The number of hydrogen-bond acceptors (Lipinski definition) is 5. The molecule has 114 valence electrons. The highest BCUT2D eigenvalue weighted by molar-refractivity contribution is 7.89. The largest absolute Gasteiger partial charge is 0.291 e. The molecule has 0 atom stereocenters. The van der Waals surface area contributed by atoms with E-state index in [9.17, 15) is 8.42 Å². The predicted molar refractivity (Wildman–Crippen MR) is 78.7 cm³/mol. The zero-order valence-corrected chi connectivity index (χ0v) is 12.6. The van der Waals surface area contributed by atoms with Crippen LogP contribution < -0.4 is 4.72 Å². The first-order valence-electron chi connectivity index (χ1n) is 6.49. The van der Waals surface area contributed by atoms with Crippen molar-refractivity contribution in [3.63, 3.8) is 0 Å². The Kier molecular flexibility index (Phi) is 3.73. The van der Waals surface area contributed by atoms with Crippen LogP contribution in [0.5, 0.6) is 0 Å². The van der Waals surface area contributed by atoms with E-state index in [1.165, 1.54) is 6.20 Å². The van der Waals surface area contributed by atoms with E-state index in [1.807, 2.05) is 0 Å². The summed E-state index contributed by atoms with van der Waals surface area (Å²) in [6.07, 6.45) is 7.97. The van der Waals surface area contributed by atoms with E-state index in [1.54, 1.807) is 48.5 Å². The maximum atomic E-state index is 12.2. The standard InChI is InChI=1S/C13H14N6O2S/c1-10-12(8-16-18-10)22(20,21)17-7-11-2-3-15-13(6-11)19-5-4-14-9-19/h2-6,8-9,17H,7H2,1H3,(H,16,18). The predicted octanol–water partition coefficient (Wildman–Crippen LogP) is 0.777. The van der Waals surface area contributed by atoms with Gasteiger partial charge in [-0.05, 0) is 24.6 Å². The molecule has 0 saturated carbocycles. The molecule has 8 nitrogen and oxygen atoms in total. The Morgan fingerprint density at radius 1 is 1.36 bits per heavy atom. The number of sulfonamides is 1. The van der Waals surface area contributed by atoms with Gasteiger partial charge in [0.1, 0.15) is 17.0 Å². The van der Waals surface area contributed by atoms with Gasteiger partial charge in [-0.1, -0.05) is 0 Å². The van der Waals surface area contributed by atoms with Gasteiger partial charge in [-0.25, -0.2) is 23.1 Å². The SMILES string of the molecule is Cc1[nH]ncc1S(=O)(=O)NCc1ccnc(-n2ccnc2)c1. The highest BCUT2D eigenvalue weighted by atomic mass is 32.2. The molecule has 0 aliphatic rings. The summed E-state index contributed by atoms with van der Waals surface area (Å²) in [5, 5.41) is 6.34. The van der Waals surface area contributed by atoms with Gasteiger partial charge >= 0.3 is 0 Å². The quantitative estimate of drug-likeness (QED) is 0.723. The van der Waals surface area contributed by atoms with Crippen molar-refractivity contribution in [1.82, 2.24) is 29.5 Å². The summed E-state index contributed by atoms with van der Waals surface area (Å²) >= 11 is 0. The third kappa shape index (κ3) is 2.90. The number of aromatic amines is 1. The van der Waals surface area contributed by atoms with Crippen molar-refractivity contribution in [2.45, 2.75) is 18.4 Å². The summed E-state index contributed by atoms with van der Waals surface area (Å²) in [5.41, 5.74) is 1.30. The molecule has 3 aromatic rings. The molecule has 0 aliphatic heterocycles. The van der Waals surface area contributed by atoms with Crippen LogP contribution in [0, 0.1) is 6.92 Å². The van der Waals surface area contributed by atoms with E-state index in [4.69, 9.17) is 0 Å². The van der Waals surface area contributed by atoms with Crippen molar-refractivity contribution in [3.8, 4) is 5.82 Å². The van der Waals surface area contributed by atoms with Gasteiger partial charge in [0.2, 0.25) is 10.0 Å². The Morgan fingerprint density at radius 3 is 2.91 bits per heavy atom. The van der Waals surface area contributed by atoms with Crippen molar-refractivity contribution in [2.24, 2.45) is 0 Å². The average Bonchev–Trinajstić information content (AvgIpc) is 3.17. The van der Waals surface area contributed by atoms with E-state index in [2.05, 4.69) is 24.9 Å². The Balaban J connectivity index is 1.77. The van der Waals surface area contributed by atoms with Crippen molar-refractivity contribution >= 4 is 10.0 Å². The lowest BCUT2D eigenvalue weighted by Crippen LogP contribution is -2.23. The minimum atomic E-state index is -3.60. The summed E-state index contributed by atoms with van der Waals surface area (Å²) in [6, 6.07) is 3.55. The van der Waals surface area contributed by atoms with Gasteiger partial charge in [-0.2, -0.15) is 5.10 Å². The molecule has 0 saturated heterocycles. The van der Waals surface area contributed by atoms with Gasteiger partial charge in [0.15, 0.2) is 0 Å². The second-order valence-electron chi connectivity index (χ2n) is 4.68. The van der Waals surface area contributed by atoms with E-state index >= 15 is 0 Å². The van der Waals surface area contributed by atoms with E-state index in [-0.39, 0.29) is 11.4 Å². The number of imidazole rings is 1. The lowest BCUT2D eigenvalue weighted by Gasteiger charge is -2.07. The van der Waals surface area contributed by atoms with Crippen LogP contribution in [-0.4, -0.2) is 33.2 Å². The van der Waals surface area contributed by atoms with Crippen molar-refractivity contribution in [2.75, 3.05) is 0 Å². The number of nitrogens with zero attached hydrogens (tertiary/aromatic N) is 4. The number of pyridine rings is 1. The Bertz CT molecular complexity index is 870. The molecule has 2 N–H and O–H groups in total. The lowest BCUT2D eigenvalue weighted by atomic mass is 10.2. The van der Waals surface area contributed by atoms with E-state index in [0.29, 0.717) is 11.5 Å². The second-order valence-corrected chi connectivity index (χ2v) is 6.41. The number of hydrogen-bond donors (Lipinski definition) is 2. The van der Waals surface area contributed by atoms with Gasteiger partial charge in [-0.15, -0.1) is 0 Å². The molecule has 0 unspecified atom stereocenters. The summed E-state index contributed by atoms with van der Waals surface area (Å²) in [4.78, 5) is 8.33. The van der Waals surface area contributed by atoms with Crippen LogP contribution in [0.15, 0.2) is 48.1 Å². The fourth-order valence-corrected chi connectivity index (χ4v) is 3.13. The van der Waals surface area contributed by atoms with Crippen LogP contribution in [0.3, 0.4) is 0 Å². The molecule has 22 heavy (non-hydrogen) atoms. The number of rotatable bonds is 5. The monoisotopic (exact) mass is 318 g/mol. The first-order valence-corrected chi connectivity index (χ1v) is 7.97. The van der Waals surface area contributed by atoms with Crippen molar-refractivity contribution in [3.05, 3.63) is 54.5 Å². The molecule has 3 aromatic heterocycles. The van der Waals surface area contributed by atoms with Crippen LogP contribution in [0.25, 0.3) is 5.82 Å². The van der Waals surface area contributed by atoms with Gasteiger partial charge in [0.25, 0.3) is 0 Å². The average molecular weight is 318 g/mol. The molecule has 0 fully saturated rings. The van der Waals surface area contributed by atoms with Crippen molar-refractivity contribution < 1.29 is 8.42 Å². The number of aromatic nitrogens is 5. The van der Waals surface area contributed by atoms with Crippen molar-refractivity contribution in [1.29, 1.82) is 0 Å². The van der Waals surface area contributed by atoms with E-state index < -0.39 is 10.0 Å². The first-order chi connectivity index (χ1) is 10.6. The third-order valence-electron chi connectivity index (χ3n) is 3.12. The summed E-state index contributed by atoms with van der Waals surface area (Å²) in [5.74, 6) is 0.675. The number of nitrogens with one attached hydrogen (secondary N) is 2. The zero-order valence-electron chi connectivity index (χ0n) is 11.8. The van der Waals surface area contributed by atoms with Crippen LogP contribution in [0.1, 0.15) is 11.3 Å². The molecule has 0 bridgehead atoms. The smallest absolute Gasteiger partial charge is 0.244 e. The van der Waals surface area contributed by atoms with Gasteiger partial charge < -0.3 is 0 Å². The zero-order chi connectivity index (χ0) is 15.6. The molecule has 3 heterocycles. The molecule has 9 heteroatoms. The van der Waals surface area contributed by atoms with Gasteiger partial charge in [0, 0.05) is 25.1 Å². The highest BCUT2D eigenvalue weighted by Crippen LogP contribution is 2.12. The maximum Gasteiger partial charge on any atom is 0.244 e. The maximum absolute atomic E-state index is 12.2. The normalized spacial score (nSPS) is 11.7. The molecule has 3 rings (SSSR count). The minimum absolute atomic E-state index is 0.149. The lowest BCUT2D eigenvalue weighted by molar-refractivity contribution is 0.580. The third-order valence-corrected chi connectivity index (χ3v) is 4.63. The number of aryl methyl sites for hydroxylation is 1. The van der Waals surface area contributed by atoms with Crippen LogP contribution >= 0.6 is 0 Å². The minimum Gasteiger partial charge on any atom is -0.291 e. The van der Waals surface area contributed by atoms with E-state index in [0.717, 1.165) is 5.56 Å². The Labute approximate surface area is 127 Å². The molecule has 0 spiro atoms. The van der Waals surface area contributed by atoms with Crippen LogP contribution in [0.4, 0.5) is 0 Å². The highest BCUT2D eigenvalue weighted by Gasteiger charge is 2.18. The summed E-state index contributed by atoms with van der Waals surface area (Å²) < 4.78 is 28.7. The second kappa shape index (κ2) is 5.70. The molecule has 0 aliphatic carbocycles. The fourth-order valence-electron chi connectivity index (χ4n) is 1.97. The Morgan fingerprint density at radius 2 is 2.23 bits per heavy atom. The molecule has 0 radical (unpaired) electrons. The van der Waals surface area contributed by atoms with Gasteiger partial charge in [-0.3, -0.25) is 9.67 Å². The van der Waals surface area contributed by atoms with Gasteiger partial charge in [0.05, 0.1) is 11.9 Å². The molecular formula is C13H14N6O2S. The fraction of sp³-hybridized carbons (Fsp3) is 0.154. The van der Waals surface area contributed by atoms with Crippen LogP contribution in [-0.2, 0) is 16.6 Å². The molecule has 0 aromatic carbocycles. The topological polar surface area (TPSA) is 106 Å². The first kappa shape index (κ1) is 14.4. The van der Waals surface area contributed by atoms with Crippen LogP contribution in [0.2, 0.25) is 0 Å². The Hall–Kier alpha value is -2.52.